The van der Waals surface area contributed by atoms with Crippen molar-refractivity contribution in [1.82, 2.24) is 0 Å². The summed E-state index contributed by atoms with van der Waals surface area (Å²) < 4.78 is 44.5. The highest BCUT2D eigenvalue weighted by Crippen LogP contribution is 2.38. The third-order valence-electron chi connectivity index (χ3n) is 7.08. The van der Waals surface area contributed by atoms with Gasteiger partial charge in [-0.15, -0.1) is 0 Å². The smallest absolute Gasteiger partial charge is 0.378 e. The van der Waals surface area contributed by atoms with Gasteiger partial charge >= 0.3 is 6.18 Å². The van der Waals surface area contributed by atoms with Crippen molar-refractivity contribution < 1.29 is 17.9 Å². The number of rotatable bonds is 8. The van der Waals surface area contributed by atoms with Gasteiger partial charge in [-0.3, -0.25) is 0 Å². The Bertz CT molecular complexity index is 775. The van der Waals surface area contributed by atoms with E-state index in [0.29, 0.717) is 17.9 Å². The van der Waals surface area contributed by atoms with Gasteiger partial charge < -0.3 is 4.74 Å². The van der Waals surface area contributed by atoms with E-state index in [1.54, 1.807) is 18.2 Å². The minimum atomic E-state index is -4.26. The molecule has 2 aliphatic carbocycles. The summed E-state index contributed by atoms with van der Waals surface area (Å²) in [5.41, 5.74) is 0.467. The molecule has 1 aromatic rings. The van der Waals surface area contributed by atoms with Crippen molar-refractivity contribution in [3.63, 3.8) is 0 Å². The van der Waals surface area contributed by atoms with Crippen molar-refractivity contribution in [2.75, 3.05) is 6.61 Å². The lowest BCUT2D eigenvalue weighted by Gasteiger charge is -2.32. The lowest BCUT2D eigenvalue weighted by molar-refractivity contribution is -0.137. The summed E-state index contributed by atoms with van der Waals surface area (Å²) >= 11 is 0. The van der Waals surface area contributed by atoms with E-state index in [4.69, 9.17) is 10.00 Å². The van der Waals surface area contributed by atoms with Crippen LogP contribution in [-0.2, 0) is 10.9 Å². The Morgan fingerprint density at radius 1 is 0.906 bits per heavy atom. The average Bonchev–Trinajstić information content (AvgIpc) is 2.81. The Hall–Kier alpha value is -2.06. The Labute approximate surface area is 190 Å². The summed E-state index contributed by atoms with van der Waals surface area (Å²) in [5.74, 6) is 1.72. The number of alkyl halides is 3. The number of hydrogen-bond donors (Lipinski definition) is 0. The van der Waals surface area contributed by atoms with Crippen LogP contribution in [0.15, 0.2) is 48.6 Å². The predicted molar refractivity (Wildman–Crippen MR) is 121 cm³/mol. The van der Waals surface area contributed by atoms with Gasteiger partial charge in [-0.05, 0) is 99.7 Å². The molecular formula is C27H34F3NO. The van der Waals surface area contributed by atoms with Gasteiger partial charge in [-0.1, -0.05) is 30.4 Å². The fraction of sp³-hybridized carbons (Fsp3) is 0.593. The highest BCUT2D eigenvalue weighted by Gasteiger charge is 2.31. The molecule has 3 rings (SSSR count). The number of ether oxygens (including phenoxy) is 1. The molecular weight excluding hydrogens is 411 g/mol. The van der Waals surface area contributed by atoms with Gasteiger partial charge in [0.25, 0.3) is 0 Å². The molecule has 1 aromatic carbocycles. The van der Waals surface area contributed by atoms with Crippen molar-refractivity contribution in [1.29, 1.82) is 5.26 Å². The molecule has 0 N–H and O–H groups in total. The van der Waals surface area contributed by atoms with Crippen LogP contribution in [0.5, 0.6) is 0 Å². The normalized spacial score (nSPS) is 27.1. The van der Waals surface area contributed by atoms with Crippen LogP contribution in [0.4, 0.5) is 13.2 Å². The second-order valence-corrected chi connectivity index (χ2v) is 9.31. The summed E-state index contributed by atoms with van der Waals surface area (Å²) in [4.78, 5) is 0. The predicted octanol–water partition coefficient (Wildman–Crippen LogP) is 7.97. The second-order valence-electron chi connectivity index (χ2n) is 9.31. The lowest BCUT2D eigenvalue weighted by Crippen LogP contribution is -2.25. The molecule has 0 atom stereocenters. The van der Waals surface area contributed by atoms with Gasteiger partial charge in [0.15, 0.2) is 0 Å². The molecule has 0 saturated heterocycles. The number of nitrogens with zero attached hydrogens (tertiary/aromatic N) is 1. The third kappa shape index (κ3) is 7.81. The van der Waals surface area contributed by atoms with Crippen LogP contribution in [0.3, 0.4) is 0 Å². The molecule has 0 aliphatic heterocycles. The van der Waals surface area contributed by atoms with Crippen LogP contribution in [-0.4, -0.2) is 12.7 Å². The van der Waals surface area contributed by atoms with E-state index >= 15 is 0 Å². The van der Waals surface area contributed by atoms with Crippen molar-refractivity contribution >= 4 is 0 Å². The average molecular weight is 446 g/mol. The first-order chi connectivity index (χ1) is 15.5. The van der Waals surface area contributed by atoms with E-state index in [1.807, 2.05) is 12.1 Å². The van der Waals surface area contributed by atoms with E-state index < -0.39 is 11.7 Å². The van der Waals surface area contributed by atoms with Crippen molar-refractivity contribution in [3.8, 4) is 6.07 Å². The minimum absolute atomic E-state index is 0.369. The first kappa shape index (κ1) is 24.6. The summed E-state index contributed by atoms with van der Waals surface area (Å²) in [5, 5.41) is 8.45. The molecule has 5 heteroatoms. The Kier molecular flexibility index (Phi) is 9.41. The van der Waals surface area contributed by atoms with Crippen LogP contribution >= 0.6 is 0 Å². The van der Waals surface area contributed by atoms with E-state index in [-0.39, 0.29) is 0 Å². The van der Waals surface area contributed by atoms with Gasteiger partial charge in [-0.25, -0.2) is 0 Å². The Balaban J connectivity index is 1.30. The standard InChI is InChI=1S/C27H34F3NO/c28-27(29,30)25-15-13-24(14-16-25)23-11-7-22(8-12-23)20-32-26-17-9-21(10-18-26)6-4-2-1-3-5-19-31/h1-3,5,13-16,21-23,26H,4,6-12,17-18,20H2. The largest absolute Gasteiger partial charge is 0.416 e. The fourth-order valence-corrected chi connectivity index (χ4v) is 5.07. The van der Waals surface area contributed by atoms with Gasteiger partial charge in [0.05, 0.1) is 17.7 Å². The first-order valence-corrected chi connectivity index (χ1v) is 12.0. The van der Waals surface area contributed by atoms with Crippen LogP contribution < -0.4 is 0 Å². The monoisotopic (exact) mass is 445 g/mol. The zero-order valence-corrected chi connectivity index (χ0v) is 18.7. The SMILES string of the molecule is N#CC=CC=CCCC1CCC(OCC2CCC(c3ccc(C(F)(F)F)cc3)CC2)CC1. The molecule has 0 heterocycles. The highest BCUT2D eigenvalue weighted by molar-refractivity contribution is 5.27. The minimum Gasteiger partial charge on any atom is -0.378 e. The summed E-state index contributed by atoms with van der Waals surface area (Å²) in [6.07, 6.45) is 14.7. The number of halogens is 3. The fourth-order valence-electron chi connectivity index (χ4n) is 5.07. The molecule has 32 heavy (non-hydrogen) atoms. The second kappa shape index (κ2) is 12.3. The van der Waals surface area contributed by atoms with Crippen molar-refractivity contribution in [3.05, 3.63) is 59.7 Å². The molecule has 2 nitrogen and oxygen atoms in total. The first-order valence-electron chi connectivity index (χ1n) is 12.0. The van der Waals surface area contributed by atoms with Gasteiger partial charge in [0, 0.05) is 12.7 Å². The quantitative estimate of drug-likeness (QED) is 0.300. The van der Waals surface area contributed by atoms with Gasteiger partial charge in [-0.2, -0.15) is 18.4 Å². The van der Waals surface area contributed by atoms with Crippen LogP contribution in [0.25, 0.3) is 0 Å². The number of hydrogen-bond acceptors (Lipinski definition) is 2. The molecule has 0 bridgehead atoms. The molecule has 0 amide bonds. The highest BCUT2D eigenvalue weighted by atomic mass is 19.4. The Morgan fingerprint density at radius 2 is 1.56 bits per heavy atom. The molecule has 0 spiro atoms. The van der Waals surface area contributed by atoms with E-state index in [9.17, 15) is 13.2 Å². The number of nitriles is 1. The zero-order valence-electron chi connectivity index (χ0n) is 18.7. The molecule has 0 unspecified atom stereocenters. The topological polar surface area (TPSA) is 33.0 Å². The van der Waals surface area contributed by atoms with Crippen LogP contribution in [0, 0.1) is 23.2 Å². The van der Waals surface area contributed by atoms with Crippen LogP contribution in [0.2, 0.25) is 0 Å². The molecule has 2 aliphatic rings. The third-order valence-corrected chi connectivity index (χ3v) is 7.08. The Morgan fingerprint density at radius 3 is 2.19 bits per heavy atom. The van der Waals surface area contributed by atoms with Crippen molar-refractivity contribution in [2.24, 2.45) is 11.8 Å². The summed E-state index contributed by atoms with van der Waals surface area (Å²) in [6.45, 7) is 0.822. The lowest BCUT2D eigenvalue weighted by atomic mass is 9.79. The number of benzene rings is 1. The van der Waals surface area contributed by atoms with E-state index in [1.165, 1.54) is 37.5 Å². The van der Waals surface area contributed by atoms with Crippen molar-refractivity contribution in [2.45, 2.75) is 82.4 Å². The summed E-state index contributed by atoms with van der Waals surface area (Å²) in [7, 11) is 0. The maximum atomic E-state index is 12.8. The maximum absolute atomic E-state index is 12.8. The summed E-state index contributed by atoms with van der Waals surface area (Å²) in [6, 6.07) is 7.72. The molecule has 2 saturated carbocycles. The molecule has 2 fully saturated rings. The van der Waals surface area contributed by atoms with E-state index in [0.717, 1.165) is 63.0 Å². The van der Waals surface area contributed by atoms with Crippen LogP contribution in [0.1, 0.15) is 81.3 Å². The maximum Gasteiger partial charge on any atom is 0.416 e. The van der Waals surface area contributed by atoms with Gasteiger partial charge in [0.1, 0.15) is 0 Å². The van der Waals surface area contributed by atoms with E-state index in [2.05, 4.69) is 6.08 Å². The zero-order chi connectivity index (χ0) is 22.8. The van der Waals surface area contributed by atoms with Gasteiger partial charge in [0.2, 0.25) is 0 Å². The molecule has 0 radical (unpaired) electrons. The molecule has 174 valence electrons. The molecule has 0 aromatic heterocycles. The number of allylic oxidation sites excluding steroid dienone is 4.